The minimum absolute atomic E-state index is 0.152. The van der Waals surface area contributed by atoms with Crippen molar-refractivity contribution in [2.24, 2.45) is 8.73 Å². The van der Waals surface area contributed by atoms with Crippen molar-refractivity contribution < 1.29 is 13.2 Å². The highest BCUT2D eigenvalue weighted by molar-refractivity contribution is 7.98. The zero-order chi connectivity index (χ0) is 13.1. The first-order valence-electron chi connectivity index (χ1n) is 5.15. The highest BCUT2D eigenvalue weighted by Gasteiger charge is 2.41. The molecule has 0 aliphatic carbocycles. The summed E-state index contributed by atoms with van der Waals surface area (Å²) in [6.45, 7) is 0. The van der Waals surface area contributed by atoms with Gasteiger partial charge in [-0.2, -0.15) is 4.36 Å². The Labute approximate surface area is 105 Å². The zero-order valence-electron chi connectivity index (χ0n) is 9.75. The third kappa shape index (κ3) is 1.40. The molecule has 0 atom stereocenters. The molecule has 0 fully saturated rings. The van der Waals surface area contributed by atoms with Crippen LogP contribution in [-0.4, -0.2) is 26.8 Å². The summed E-state index contributed by atoms with van der Waals surface area (Å²) in [5.41, 5.74) is 0.793. The Morgan fingerprint density at radius 1 is 1.06 bits per heavy atom. The zero-order valence-corrected chi connectivity index (χ0v) is 11.4. The molecule has 2 aliphatic rings. The van der Waals surface area contributed by atoms with E-state index in [1.165, 1.54) is 6.07 Å². The fourth-order valence-corrected chi connectivity index (χ4v) is 4.96. The van der Waals surface area contributed by atoms with Crippen molar-refractivity contribution in [3.63, 3.8) is 0 Å². The molecule has 0 aromatic heterocycles. The lowest BCUT2D eigenvalue weighted by Gasteiger charge is -2.10. The van der Waals surface area contributed by atoms with Gasteiger partial charge in [0.25, 0.3) is 5.91 Å². The molecule has 2 aliphatic heterocycles. The van der Waals surface area contributed by atoms with E-state index in [1.54, 1.807) is 30.7 Å². The van der Waals surface area contributed by atoms with Crippen molar-refractivity contribution in [2.75, 3.05) is 12.5 Å². The second kappa shape index (κ2) is 3.30. The van der Waals surface area contributed by atoms with E-state index in [9.17, 15) is 13.2 Å². The van der Waals surface area contributed by atoms with Gasteiger partial charge in [-0.25, -0.2) is 12.8 Å². The van der Waals surface area contributed by atoms with Crippen LogP contribution in [0.3, 0.4) is 0 Å². The molecule has 7 heteroatoms. The predicted octanol–water partition coefficient (Wildman–Crippen LogP) is 1.46. The molecule has 0 saturated heterocycles. The molecule has 1 aromatic carbocycles. The lowest BCUT2D eigenvalue weighted by Crippen LogP contribution is -2.13. The molecule has 0 radical (unpaired) electrons. The number of hydrogen-bond acceptors (Lipinski definition) is 4. The molecule has 1 aromatic rings. The standard InChI is InChI=1S/C11H10N2O3S2/c1-17(2)12-9-7-5-3-4-6-8(7)18(15,16)10(9)11(14)13-17/h3-6H,1-2H3. The van der Waals surface area contributed by atoms with Gasteiger partial charge >= 0.3 is 0 Å². The van der Waals surface area contributed by atoms with E-state index in [4.69, 9.17) is 0 Å². The molecule has 0 spiro atoms. The van der Waals surface area contributed by atoms with E-state index < -0.39 is 25.4 Å². The Morgan fingerprint density at radius 3 is 2.44 bits per heavy atom. The van der Waals surface area contributed by atoms with E-state index in [-0.39, 0.29) is 15.5 Å². The van der Waals surface area contributed by atoms with Gasteiger partial charge in [0.1, 0.15) is 5.70 Å². The summed E-state index contributed by atoms with van der Waals surface area (Å²) in [5.74, 6) is -0.670. The molecule has 0 unspecified atom stereocenters. The van der Waals surface area contributed by atoms with Crippen molar-refractivity contribution in [1.29, 1.82) is 0 Å². The molecular formula is C11H10N2O3S2. The molecule has 0 saturated carbocycles. The van der Waals surface area contributed by atoms with Crippen molar-refractivity contribution >= 4 is 31.1 Å². The maximum absolute atomic E-state index is 12.3. The number of hydrogen-bond donors (Lipinski definition) is 0. The Morgan fingerprint density at radius 2 is 1.72 bits per heavy atom. The van der Waals surface area contributed by atoms with Crippen LogP contribution in [0, 0.1) is 0 Å². The van der Waals surface area contributed by atoms with Crippen molar-refractivity contribution in [3.05, 3.63) is 34.7 Å². The first kappa shape index (κ1) is 11.6. The van der Waals surface area contributed by atoms with E-state index in [0.717, 1.165) is 0 Å². The molecule has 0 N–H and O–H groups in total. The third-order valence-electron chi connectivity index (χ3n) is 2.73. The Bertz CT molecular complexity index is 846. The van der Waals surface area contributed by atoms with Crippen molar-refractivity contribution in [3.8, 4) is 0 Å². The Balaban J connectivity index is 2.49. The number of rotatable bonds is 0. The largest absolute Gasteiger partial charge is 0.297 e. The fourth-order valence-electron chi connectivity index (χ4n) is 2.05. The topological polar surface area (TPSA) is 75.9 Å². The summed E-state index contributed by atoms with van der Waals surface area (Å²) in [7, 11) is -5.55. The summed E-state index contributed by atoms with van der Waals surface area (Å²) in [5, 5.41) is 0. The molecule has 94 valence electrons. The highest BCUT2D eigenvalue weighted by Crippen LogP contribution is 2.42. The number of carbonyl (C=O) groups excluding carboxylic acids is 1. The normalized spacial score (nSPS) is 22.9. The average Bonchev–Trinajstić information content (AvgIpc) is 2.47. The van der Waals surface area contributed by atoms with Crippen LogP contribution in [0.25, 0.3) is 5.70 Å². The number of nitrogens with zero attached hydrogens (tertiary/aromatic N) is 2. The maximum atomic E-state index is 12.3. The van der Waals surface area contributed by atoms with Gasteiger partial charge in [0, 0.05) is 18.1 Å². The van der Waals surface area contributed by atoms with Crippen LogP contribution in [0.4, 0.5) is 0 Å². The van der Waals surface area contributed by atoms with Crippen LogP contribution in [-0.2, 0) is 24.3 Å². The summed E-state index contributed by atoms with van der Waals surface area (Å²) < 4.78 is 32.7. The number of sulfone groups is 1. The van der Waals surface area contributed by atoms with Crippen molar-refractivity contribution in [2.45, 2.75) is 4.90 Å². The summed E-state index contributed by atoms with van der Waals surface area (Å²) in [4.78, 5) is 11.8. The van der Waals surface area contributed by atoms with Gasteiger partial charge in [-0.3, -0.25) is 4.79 Å². The summed E-state index contributed by atoms with van der Waals surface area (Å²) >= 11 is 0. The first-order chi connectivity index (χ1) is 8.33. The highest BCUT2D eigenvalue weighted by atomic mass is 32.2. The number of amides is 1. The van der Waals surface area contributed by atoms with E-state index in [1.807, 2.05) is 0 Å². The van der Waals surface area contributed by atoms with Gasteiger partial charge in [0.05, 0.1) is 4.90 Å². The summed E-state index contributed by atoms with van der Waals surface area (Å²) in [6, 6.07) is 6.54. The summed E-state index contributed by atoms with van der Waals surface area (Å²) in [6.07, 6.45) is 3.50. The minimum atomic E-state index is -3.75. The maximum Gasteiger partial charge on any atom is 0.297 e. The molecule has 1 amide bonds. The lowest BCUT2D eigenvalue weighted by atomic mass is 10.1. The van der Waals surface area contributed by atoms with Gasteiger partial charge in [-0.05, 0) is 6.07 Å². The van der Waals surface area contributed by atoms with Gasteiger partial charge in [0.2, 0.25) is 9.84 Å². The second-order valence-electron chi connectivity index (χ2n) is 4.39. The van der Waals surface area contributed by atoms with Gasteiger partial charge in [-0.1, -0.05) is 27.8 Å². The van der Waals surface area contributed by atoms with Crippen LogP contribution < -0.4 is 0 Å². The molecule has 5 nitrogen and oxygen atoms in total. The van der Waals surface area contributed by atoms with Gasteiger partial charge in [0.15, 0.2) is 4.91 Å². The minimum Gasteiger partial charge on any atom is -0.265 e. The molecule has 0 bridgehead atoms. The van der Waals surface area contributed by atoms with Crippen LogP contribution in [0.15, 0.2) is 42.8 Å². The Kier molecular flexibility index (Phi) is 2.13. The average molecular weight is 282 g/mol. The van der Waals surface area contributed by atoms with E-state index in [2.05, 4.69) is 8.73 Å². The smallest absolute Gasteiger partial charge is 0.265 e. The van der Waals surface area contributed by atoms with Gasteiger partial charge < -0.3 is 0 Å². The monoisotopic (exact) mass is 282 g/mol. The molecule has 3 rings (SSSR count). The van der Waals surface area contributed by atoms with E-state index >= 15 is 0 Å². The Hall–Kier alpha value is -1.47. The van der Waals surface area contributed by atoms with Gasteiger partial charge in [-0.15, -0.1) is 0 Å². The fraction of sp³-hybridized carbons (Fsp3) is 0.182. The second-order valence-corrected chi connectivity index (χ2v) is 9.05. The lowest BCUT2D eigenvalue weighted by molar-refractivity contribution is -0.113. The van der Waals surface area contributed by atoms with Crippen LogP contribution >= 0.6 is 0 Å². The number of fused-ring (bicyclic) bond motifs is 2. The van der Waals surface area contributed by atoms with E-state index in [0.29, 0.717) is 5.56 Å². The number of benzene rings is 1. The van der Waals surface area contributed by atoms with Crippen LogP contribution in [0.5, 0.6) is 0 Å². The quantitative estimate of drug-likeness (QED) is 0.723. The SMILES string of the molecule is CS1(C)=NC(=O)C2=C(N=1)c1ccccc1S2(=O)=O. The first-order valence-corrected chi connectivity index (χ1v) is 9.00. The van der Waals surface area contributed by atoms with Crippen LogP contribution in [0.1, 0.15) is 5.56 Å². The third-order valence-corrected chi connectivity index (χ3v) is 5.81. The van der Waals surface area contributed by atoms with Crippen LogP contribution in [0.2, 0.25) is 0 Å². The molecular weight excluding hydrogens is 272 g/mol. The molecule has 18 heavy (non-hydrogen) atoms. The number of carbonyl (C=O) groups is 1. The molecule has 2 heterocycles. The van der Waals surface area contributed by atoms with Crippen molar-refractivity contribution in [1.82, 2.24) is 0 Å². The predicted molar refractivity (Wildman–Crippen MR) is 69.6 cm³/mol.